The van der Waals surface area contributed by atoms with Crippen molar-refractivity contribution in [2.45, 2.75) is 0 Å². The summed E-state index contributed by atoms with van der Waals surface area (Å²) in [6, 6.07) is 13.8. The molecule has 8 heteroatoms. The molecule has 3 rings (SSSR count). The molecule has 0 saturated carbocycles. The number of hydrogen-bond acceptors (Lipinski definition) is 5. The van der Waals surface area contributed by atoms with Crippen LogP contribution in [0.1, 0.15) is 11.5 Å². The molecule has 1 N–H and O–H groups in total. The van der Waals surface area contributed by atoms with E-state index in [4.69, 9.17) is 37.6 Å². The minimum atomic E-state index is -1.04. The predicted molar refractivity (Wildman–Crippen MR) is 98.0 cm³/mol. The molecule has 0 amide bonds. The fourth-order valence-corrected chi connectivity index (χ4v) is 2.38. The van der Waals surface area contributed by atoms with Crippen LogP contribution in [0.3, 0.4) is 0 Å². The van der Waals surface area contributed by atoms with Crippen LogP contribution in [0.15, 0.2) is 53.1 Å². The molecular formula is C18H12Cl2N2O4. The van der Waals surface area contributed by atoms with Gasteiger partial charge in [-0.05, 0) is 48.0 Å². The number of carboxylic acids is 1. The Hall–Kier alpha value is -2.83. The van der Waals surface area contributed by atoms with E-state index in [-0.39, 0.29) is 10.9 Å². The zero-order valence-electron chi connectivity index (χ0n) is 13.2. The average molecular weight is 391 g/mol. The third-order valence-electron chi connectivity index (χ3n) is 3.27. The number of aliphatic carboxylic acids is 1. The number of hydrogen-bond donors (Lipinski definition) is 1. The maximum atomic E-state index is 10.5. The predicted octanol–water partition coefficient (Wildman–Crippen LogP) is 4.59. The second-order valence-corrected chi connectivity index (χ2v) is 6.02. The van der Waals surface area contributed by atoms with Crippen LogP contribution in [-0.4, -0.2) is 27.8 Å². The summed E-state index contributed by atoms with van der Waals surface area (Å²) in [6.45, 7) is -0.397. The first-order valence-corrected chi connectivity index (χ1v) is 8.19. The lowest BCUT2D eigenvalue weighted by molar-refractivity contribution is -0.139. The van der Waals surface area contributed by atoms with Gasteiger partial charge in [0.25, 0.3) is 5.89 Å². The van der Waals surface area contributed by atoms with Crippen LogP contribution >= 0.6 is 23.2 Å². The van der Waals surface area contributed by atoms with Crippen molar-refractivity contribution in [2.24, 2.45) is 0 Å². The Labute approximate surface area is 158 Å². The Balaban J connectivity index is 1.73. The van der Waals surface area contributed by atoms with Crippen LogP contribution in [0.5, 0.6) is 5.75 Å². The Bertz CT molecular complexity index is 935. The van der Waals surface area contributed by atoms with Crippen molar-refractivity contribution in [2.75, 3.05) is 6.61 Å². The summed E-state index contributed by atoms with van der Waals surface area (Å²) in [4.78, 5) is 14.7. The van der Waals surface area contributed by atoms with E-state index in [0.29, 0.717) is 16.6 Å². The summed E-state index contributed by atoms with van der Waals surface area (Å²) in [6.07, 6.45) is 1.65. The number of halogens is 2. The van der Waals surface area contributed by atoms with Crippen LogP contribution in [-0.2, 0) is 4.79 Å². The number of rotatable bonds is 6. The Morgan fingerprint density at radius 2 is 1.85 bits per heavy atom. The number of aromatic nitrogens is 2. The summed E-state index contributed by atoms with van der Waals surface area (Å²) in [7, 11) is 0. The van der Waals surface area contributed by atoms with Gasteiger partial charge in [0.1, 0.15) is 10.8 Å². The molecule has 0 aliphatic heterocycles. The van der Waals surface area contributed by atoms with Crippen molar-refractivity contribution in [3.8, 4) is 17.1 Å². The highest BCUT2D eigenvalue weighted by molar-refractivity contribution is 6.50. The largest absolute Gasteiger partial charge is 0.482 e. The van der Waals surface area contributed by atoms with Gasteiger partial charge in [-0.1, -0.05) is 40.5 Å². The van der Waals surface area contributed by atoms with Crippen molar-refractivity contribution < 1.29 is 19.2 Å². The van der Waals surface area contributed by atoms with E-state index in [1.807, 2.05) is 0 Å². The molecule has 132 valence electrons. The summed E-state index contributed by atoms with van der Waals surface area (Å²) in [5.41, 5.74) is 1.53. The van der Waals surface area contributed by atoms with Gasteiger partial charge in [0, 0.05) is 10.6 Å². The van der Waals surface area contributed by atoms with Crippen LogP contribution < -0.4 is 4.74 Å². The summed E-state index contributed by atoms with van der Waals surface area (Å²) < 4.78 is 10.3. The number of nitrogens with zero attached hydrogens (tertiary/aromatic N) is 2. The highest BCUT2D eigenvalue weighted by Gasteiger charge is 2.11. The molecule has 0 spiro atoms. The highest BCUT2D eigenvalue weighted by atomic mass is 35.5. The molecule has 0 aliphatic carbocycles. The first kappa shape index (κ1) is 18.0. The minimum absolute atomic E-state index is 0.183. The monoisotopic (exact) mass is 390 g/mol. The molecule has 3 aromatic rings. The normalized spacial score (nSPS) is 11.4. The highest BCUT2D eigenvalue weighted by Crippen LogP contribution is 2.25. The topological polar surface area (TPSA) is 85.5 Å². The van der Waals surface area contributed by atoms with Gasteiger partial charge < -0.3 is 14.4 Å². The van der Waals surface area contributed by atoms with Crippen molar-refractivity contribution in [3.63, 3.8) is 0 Å². The van der Waals surface area contributed by atoms with E-state index in [1.165, 1.54) is 0 Å². The maximum absolute atomic E-state index is 10.5. The van der Waals surface area contributed by atoms with Gasteiger partial charge >= 0.3 is 5.97 Å². The van der Waals surface area contributed by atoms with Gasteiger partial charge in [-0.2, -0.15) is 4.98 Å². The lowest BCUT2D eigenvalue weighted by atomic mass is 10.2. The van der Waals surface area contributed by atoms with E-state index in [2.05, 4.69) is 10.1 Å². The van der Waals surface area contributed by atoms with Gasteiger partial charge in [0.2, 0.25) is 5.82 Å². The van der Waals surface area contributed by atoms with Crippen LogP contribution in [0.4, 0.5) is 0 Å². The van der Waals surface area contributed by atoms with E-state index >= 15 is 0 Å². The first-order chi connectivity index (χ1) is 12.5. The van der Waals surface area contributed by atoms with Crippen LogP contribution in [0.2, 0.25) is 5.02 Å². The molecule has 0 fully saturated rings. The van der Waals surface area contributed by atoms with E-state index in [1.54, 1.807) is 54.6 Å². The molecule has 0 bridgehead atoms. The van der Waals surface area contributed by atoms with Gasteiger partial charge in [-0.15, -0.1) is 0 Å². The Morgan fingerprint density at radius 3 is 2.50 bits per heavy atom. The standard InChI is InChI=1S/C18H12Cl2N2O4/c19-13-5-3-12(4-6-13)17-21-18(26-22-17)15(20)9-11-1-7-14(8-2-11)25-10-16(23)24/h1-9H,10H2,(H,23,24)/b15-9-. The quantitative estimate of drug-likeness (QED) is 0.662. The van der Waals surface area contributed by atoms with Crippen molar-refractivity contribution in [3.05, 3.63) is 65.0 Å². The minimum Gasteiger partial charge on any atom is -0.482 e. The molecule has 0 unspecified atom stereocenters. The maximum Gasteiger partial charge on any atom is 0.341 e. The van der Waals surface area contributed by atoms with E-state index in [9.17, 15) is 4.79 Å². The molecule has 0 saturated heterocycles. The van der Waals surface area contributed by atoms with Crippen molar-refractivity contribution >= 4 is 40.3 Å². The molecule has 26 heavy (non-hydrogen) atoms. The second kappa shape index (κ2) is 8.03. The number of carbonyl (C=O) groups is 1. The summed E-state index contributed by atoms with van der Waals surface area (Å²) >= 11 is 12.1. The zero-order valence-corrected chi connectivity index (χ0v) is 14.7. The molecular weight excluding hydrogens is 379 g/mol. The van der Waals surface area contributed by atoms with E-state index < -0.39 is 12.6 Å². The van der Waals surface area contributed by atoms with Gasteiger partial charge in [0.15, 0.2) is 6.61 Å². The number of benzene rings is 2. The van der Waals surface area contributed by atoms with Crippen LogP contribution in [0, 0.1) is 0 Å². The van der Waals surface area contributed by atoms with Crippen molar-refractivity contribution in [1.29, 1.82) is 0 Å². The molecule has 0 aliphatic rings. The molecule has 1 aromatic heterocycles. The molecule has 2 aromatic carbocycles. The Morgan fingerprint density at radius 1 is 1.15 bits per heavy atom. The van der Waals surface area contributed by atoms with Gasteiger partial charge in [-0.3, -0.25) is 0 Å². The fraction of sp³-hybridized carbons (Fsp3) is 0.0556. The van der Waals surface area contributed by atoms with Gasteiger partial charge in [-0.25, -0.2) is 4.79 Å². The van der Waals surface area contributed by atoms with Gasteiger partial charge in [0.05, 0.1) is 0 Å². The third kappa shape index (κ3) is 4.62. The fourth-order valence-electron chi connectivity index (χ4n) is 2.05. The summed E-state index contributed by atoms with van der Waals surface area (Å²) in [5.74, 6) is -0.00292. The van der Waals surface area contributed by atoms with Crippen molar-refractivity contribution in [1.82, 2.24) is 10.1 Å². The third-order valence-corrected chi connectivity index (χ3v) is 3.79. The number of carboxylic acid groups (broad SMARTS) is 1. The zero-order chi connectivity index (χ0) is 18.5. The molecule has 0 atom stereocenters. The van der Waals surface area contributed by atoms with E-state index in [0.717, 1.165) is 11.1 Å². The Kier molecular flexibility index (Phi) is 5.55. The first-order valence-electron chi connectivity index (χ1n) is 7.43. The molecule has 0 radical (unpaired) electrons. The van der Waals surface area contributed by atoms with Crippen LogP contribution in [0.25, 0.3) is 22.5 Å². The number of ether oxygens (including phenoxy) is 1. The molecule has 6 nitrogen and oxygen atoms in total. The SMILES string of the molecule is O=C(O)COc1ccc(/C=C(\Cl)c2nc(-c3ccc(Cl)cc3)no2)cc1. The average Bonchev–Trinajstić information content (AvgIpc) is 3.12. The smallest absolute Gasteiger partial charge is 0.341 e. The molecule has 1 heterocycles. The lowest BCUT2D eigenvalue weighted by Gasteiger charge is -2.03. The lowest BCUT2D eigenvalue weighted by Crippen LogP contribution is -2.09. The second-order valence-electron chi connectivity index (χ2n) is 5.17. The summed E-state index contributed by atoms with van der Waals surface area (Å²) in [5, 5.41) is 13.4.